The van der Waals surface area contributed by atoms with Gasteiger partial charge in [-0.15, -0.1) is 6.58 Å². The fraction of sp³-hybridized carbons (Fsp3) is 0.222. The number of nitrogens with zero attached hydrogens (tertiary/aromatic N) is 1. The van der Waals surface area contributed by atoms with Gasteiger partial charge in [0.05, 0.1) is 19.0 Å². The van der Waals surface area contributed by atoms with Crippen molar-refractivity contribution in [2.75, 3.05) is 19.0 Å². The number of anilines is 1. The number of rotatable bonds is 4. The third-order valence-electron chi connectivity index (χ3n) is 1.40. The summed E-state index contributed by atoms with van der Waals surface area (Å²) >= 11 is 0. The van der Waals surface area contributed by atoms with Gasteiger partial charge in [-0.1, -0.05) is 6.08 Å². The maximum atomic E-state index is 4.91. The zero-order valence-corrected chi connectivity index (χ0v) is 7.08. The van der Waals surface area contributed by atoms with Gasteiger partial charge in [-0.05, 0) is 6.07 Å². The molecule has 1 aromatic rings. The lowest BCUT2D eigenvalue weighted by Crippen LogP contribution is -1.98. The summed E-state index contributed by atoms with van der Waals surface area (Å²) in [6.07, 6.45) is 3.52. The second-order valence-electron chi connectivity index (χ2n) is 2.26. The number of pyridine rings is 1. The predicted octanol–water partition coefficient (Wildman–Crippen LogP) is 1.69. The first-order valence-electron chi connectivity index (χ1n) is 3.71. The van der Waals surface area contributed by atoms with Gasteiger partial charge in [-0.2, -0.15) is 0 Å². The van der Waals surface area contributed by atoms with E-state index in [9.17, 15) is 0 Å². The average molecular weight is 164 g/mol. The molecule has 0 aromatic carbocycles. The maximum Gasteiger partial charge on any atom is 0.213 e. The van der Waals surface area contributed by atoms with Crippen molar-refractivity contribution in [2.24, 2.45) is 0 Å². The van der Waals surface area contributed by atoms with Gasteiger partial charge in [0.2, 0.25) is 5.88 Å². The lowest BCUT2D eigenvalue weighted by atomic mass is 10.4. The van der Waals surface area contributed by atoms with Crippen LogP contribution < -0.4 is 10.1 Å². The van der Waals surface area contributed by atoms with E-state index in [4.69, 9.17) is 4.74 Å². The largest absolute Gasteiger partial charge is 0.481 e. The molecule has 0 saturated carbocycles. The summed E-state index contributed by atoms with van der Waals surface area (Å²) in [6, 6.07) is 3.72. The van der Waals surface area contributed by atoms with Crippen LogP contribution in [0, 0.1) is 0 Å². The smallest absolute Gasteiger partial charge is 0.213 e. The molecule has 12 heavy (non-hydrogen) atoms. The van der Waals surface area contributed by atoms with Crippen LogP contribution in [0.2, 0.25) is 0 Å². The fourth-order valence-corrected chi connectivity index (χ4v) is 0.796. The Bertz CT molecular complexity index is 243. The van der Waals surface area contributed by atoms with Crippen molar-refractivity contribution < 1.29 is 4.74 Å². The molecule has 0 bridgehead atoms. The highest BCUT2D eigenvalue weighted by Crippen LogP contribution is 2.10. The van der Waals surface area contributed by atoms with E-state index in [1.54, 1.807) is 19.4 Å². The normalized spacial score (nSPS) is 9.08. The van der Waals surface area contributed by atoms with E-state index < -0.39 is 0 Å². The van der Waals surface area contributed by atoms with E-state index >= 15 is 0 Å². The van der Waals surface area contributed by atoms with Gasteiger partial charge in [0.1, 0.15) is 0 Å². The molecule has 1 rings (SSSR count). The Balaban J connectivity index is 2.58. The predicted molar refractivity (Wildman–Crippen MR) is 49.5 cm³/mol. The van der Waals surface area contributed by atoms with Crippen LogP contribution in [0.5, 0.6) is 5.88 Å². The molecule has 3 heteroatoms. The molecule has 0 spiro atoms. The molecule has 0 unspecified atom stereocenters. The Morgan fingerprint density at radius 1 is 1.67 bits per heavy atom. The molecule has 0 aliphatic heterocycles. The van der Waals surface area contributed by atoms with E-state index in [0.717, 1.165) is 12.2 Å². The van der Waals surface area contributed by atoms with Crippen molar-refractivity contribution in [3.05, 3.63) is 31.0 Å². The molecule has 0 aliphatic carbocycles. The van der Waals surface area contributed by atoms with Crippen molar-refractivity contribution in [1.29, 1.82) is 0 Å². The van der Waals surface area contributed by atoms with E-state index in [1.807, 2.05) is 12.1 Å². The van der Waals surface area contributed by atoms with Crippen LogP contribution in [0.4, 0.5) is 5.69 Å². The van der Waals surface area contributed by atoms with Crippen molar-refractivity contribution in [3.8, 4) is 5.88 Å². The van der Waals surface area contributed by atoms with Crippen LogP contribution in [-0.4, -0.2) is 18.6 Å². The molecule has 0 amide bonds. The molecule has 64 valence electrons. The second-order valence-corrected chi connectivity index (χ2v) is 2.26. The Kier molecular flexibility index (Phi) is 3.14. The Hall–Kier alpha value is -1.51. The monoisotopic (exact) mass is 164 g/mol. The lowest BCUT2D eigenvalue weighted by Gasteiger charge is -2.02. The van der Waals surface area contributed by atoms with Crippen LogP contribution in [0.25, 0.3) is 0 Å². The summed E-state index contributed by atoms with van der Waals surface area (Å²) < 4.78 is 4.91. The average Bonchev–Trinajstić information content (AvgIpc) is 2.15. The summed E-state index contributed by atoms with van der Waals surface area (Å²) in [6.45, 7) is 4.35. The van der Waals surface area contributed by atoms with Crippen LogP contribution in [0.1, 0.15) is 0 Å². The SMILES string of the molecule is C=CCNc1ccc(OC)nc1. The molecule has 0 fully saturated rings. The van der Waals surface area contributed by atoms with Crippen LogP contribution in [0.3, 0.4) is 0 Å². The molecule has 1 N–H and O–H groups in total. The van der Waals surface area contributed by atoms with E-state index in [0.29, 0.717) is 5.88 Å². The molecule has 0 aliphatic rings. The molecule has 0 atom stereocenters. The van der Waals surface area contributed by atoms with Gasteiger partial charge in [0.25, 0.3) is 0 Å². The quantitative estimate of drug-likeness (QED) is 0.687. The standard InChI is InChI=1S/C9H12N2O/c1-3-6-10-8-4-5-9(12-2)11-7-8/h3-5,7,10H,1,6H2,2H3. The molecular weight excluding hydrogens is 152 g/mol. The highest BCUT2D eigenvalue weighted by molar-refractivity contribution is 5.42. The number of nitrogens with one attached hydrogen (secondary N) is 1. The lowest BCUT2D eigenvalue weighted by molar-refractivity contribution is 0.398. The van der Waals surface area contributed by atoms with E-state index in [-0.39, 0.29) is 0 Å². The zero-order valence-electron chi connectivity index (χ0n) is 7.08. The van der Waals surface area contributed by atoms with Crippen molar-refractivity contribution in [2.45, 2.75) is 0 Å². The zero-order chi connectivity index (χ0) is 8.81. The number of aromatic nitrogens is 1. The summed E-state index contributed by atoms with van der Waals surface area (Å²) in [4.78, 5) is 4.03. The number of hydrogen-bond donors (Lipinski definition) is 1. The maximum absolute atomic E-state index is 4.91. The Morgan fingerprint density at radius 2 is 2.50 bits per heavy atom. The van der Waals surface area contributed by atoms with Gasteiger partial charge < -0.3 is 10.1 Å². The van der Waals surface area contributed by atoms with Crippen LogP contribution in [0.15, 0.2) is 31.0 Å². The van der Waals surface area contributed by atoms with Gasteiger partial charge >= 0.3 is 0 Å². The highest BCUT2D eigenvalue weighted by atomic mass is 16.5. The van der Waals surface area contributed by atoms with Gasteiger partial charge in [0, 0.05) is 12.6 Å². The first kappa shape index (κ1) is 8.59. The molecule has 3 nitrogen and oxygen atoms in total. The molecular formula is C9H12N2O. The third-order valence-corrected chi connectivity index (χ3v) is 1.40. The molecule has 0 radical (unpaired) electrons. The Morgan fingerprint density at radius 3 is 3.00 bits per heavy atom. The van der Waals surface area contributed by atoms with Gasteiger partial charge in [0.15, 0.2) is 0 Å². The van der Waals surface area contributed by atoms with Crippen LogP contribution >= 0.6 is 0 Å². The first-order chi connectivity index (χ1) is 5.86. The Labute approximate surface area is 72.1 Å². The minimum absolute atomic E-state index is 0.624. The van der Waals surface area contributed by atoms with Crippen LogP contribution in [-0.2, 0) is 0 Å². The summed E-state index contributed by atoms with van der Waals surface area (Å²) in [7, 11) is 1.60. The third kappa shape index (κ3) is 2.27. The molecule has 0 saturated heterocycles. The fourth-order valence-electron chi connectivity index (χ4n) is 0.796. The summed E-state index contributed by atoms with van der Waals surface area (Å²) in [5.41, 5.74) is 0.968. The minimum Gasteiger partial charge on any atom is -0.481 e. The highest BCUT2D eigenvalue weighted by Gasteiger charge is 1.91. The van der Waals surface area contributed by atoms with E-state index in [1.165, 1.54) is 0 Å². The molecule has 1 heterocycles. The van der Waals surface area contributed by atoms with E-state index in [2.05, 4.69) is 16.9 Å². The first-order valence-corrected chi connectivity index (χ1v) is 3.71. The van der Waals surface area contributed by atoms with Crippen molar-refractivity contribution >= 4 is 5.69 Å². The van der Waals surface area contributed by atoms with Gasteiger partial charge in [-0.3, -0.25) is 0 Å². The molecule has 1 aromatic heterocycles. The topological polar surface area (TPSA) is 34.1 Å². The number of methoxy groups -OCH3 is 1. The number of ether oxygens (including phenoxy) is 1. The van der Waals surface area contributed by atoms with Crippen molar-refractivity contribution in [3.63, 3.8) is 0 Å². The number of hydrogen-bond acceptors (Lipinski definition) is 3. The minimum atomic E-state index is 0.624. The second kappa shape index (κ2) is 4.38. The van der Waals surface area contributed by atoms with Crippen molar-refractivity contribution in [1.82, 2.24) is 4.98 Å². The van der Waals surface area contributed by atoms with Gasteiger partial charge in [-0.25, -0.2) is 4.98 Å². The summed E-state index contributed by atoms with van der Waals surface area (Å²) in [5, 5.41) is 3.11. The summed E-state index contributed by atoms with van der Waals surface area (Å²) in [5.74, 6) is 0.624.